The molecule has 1 saturated carbocycles. The monoisotopic (exact) mass is 183 g/mol. The van der Waals surface area contributed by atoms with Crippen LogP contribution in [0.5, 0.6) is 0 Å². The van der Waals surface area contributed by atoms with E-state index in [1.54, 1.807) is 7.05 Å². The predicted octanol–water partition coefficient (Wildman–Crippen LogP) is 1.48. The van der Waals surface area contributed by atoms with E-state index in [2.05, 4.69) is 12.0 Å². The fraction of sp³-hybridized carbons (Fsp3) is 0.667. The number of anilines is 1. The molecular weight excluding hydrogens is 169 g/mol. The summed E-state index contributed by atoms with van der Waals surface area (Å²) in [6.45, 7) is 2.15. The van der Waals surface area contributed by atoms with Crippen molar-refractivity contribution in [3.8, 4) is 0 Å². The summed E-state index contributed by atoms with van der Waals surface area (Å²) in [6.07, 6.45) is 3.05. The van der Waals surface area contributed by atoms with Crippen LogP contribution in [-0.4, -0.2) is 9.78 Å². The summed E-state index contributed by atoms with van der Waals surface area (Å²) in [4.78, 5) is 0. The first-order valence-corrected chi connectivity index (χ1v) is 4.49. The molecule has 0 unspecified atom stereocenters. The van der Waals surface area contributed by atoms with Gasteiger partial charge in [0.25, 0.3) is 0 Å². The number of nitrogens with two attached hydrogens (primary N) is 1. The van der Waals surface area contributed by atoms with Crippen molar-refractivity contribution >= 4 is 5.82 Å². The number of aromatic nitrogens is 2. The Labute approximate surface area is 76.7 Å². The van der Waals surface area contributed by atoms with Gasteiger partial charge < -0.3 is 5.73 Å². The largest absolute Gasteiger partial charge is 0.381 e. The van der Waals surface area contributed by atoms with Crippen molar-refractivity contribution in [2.45, 2.75) is 26.2 Å². The van der Waals surface area contributed by atoms with Gasteiger partial charge in [0.05, 0.1) is 0 Å². The molecule has 0 amide bonds. The molecule has 0 saturated heterocycles. The second-order valence-corrected chi connectivity index (χ2v) is 4.26. The molecule has 72 valence electrons. The number of nitrogens with zero attached hydrogens (tertiary/aromatic N) is 2. The van der Waals surface area contributed by atoms with E-state index in [9.17, 15) is 4.39 Å². The van der Waals surface area contributed by atoms with Gasteiger partial charge in [0.2, 0.25) is 0 Å². The third kappa shape index (κ3) is 1.41. The van der Waals surface area contributed by atoms with E-state index in [-0.39, 0.29) is 17.1 Å². The lowest BCUT2D eigenvalue weighted by Gasteiger charge is -2.03. The van der Waals surface area contributed by atoms with Gasteiger partial charge >= 0.3 is 0 Å². The van der Waals surface area contributed by atoms with Crippen molar-refractivity contribution in [2.75, 3.05) is 5.73 Å². The van der Waals surface area contributed by atoms with Crippen LogP contribution in [0.1, 0.15) is 25.5 Å². The lowest BCUT2D eigenvalue weighted by atomic mass is 10.0. The second-order valence-electron chi connectivity index (χ2n) is 4.26. The first kappa shape index (κ1) is 8.53. The Kier molecular flexibility index (Phi) is 1.62. The Morgan fingerprint density at radius 1 is 1.62 bits per heavy atom. The highest BCUT2D eigenvalue weighted by Crippen LogP contribution is 2.47. The molecule has 1 aliphatic carbocycles. The molecule has 13 heavy (non-hydrogen) atoms. The lowest BCUT2D eigenvalue weighted by molar-refractivity contribution is 0.526. The number of nitrogen functional groups attached to an aromatic ring is 1. The first-order valence-electron chi connectivity index (χ1n) is 4.49. The maximum absolute atomic E-state index is 13.4. The predicted molar refractivity (Wildman–Crippen MR) is 48.6 cm³/mol. The summed E-state index contributed by atoms with van der Waals surface area (Å²) in [5, 5.41) is 4.05. The average Bonchev–Trinajstić information content (AvgIpc) is 2.74. The van der Waals surface area contributed by atoms with Crippen LogP contribution in [-0.2, 0) is 13.5 Å². The van der Waals surface area contributed by atoms with Crippen LogP contribution in [0.15, 0.2) is 0 Å². The van der Waals surface area contributed by atoms with E-state index in [4.69, 9.17) is 5.73 Å². The summed E-state index contributed by atoms with van der Waals surface area (Å²) < 4.78 is 14.8. The first-order chi connectivity index (χ1) is 6.02. The normalized spacial score (nSPS) is 19.0. The highest BCUT2D eigenvalue weighted by atomic mass is 19.1. The molecule has 0 radical (unpaired) electrons. The Balaban J connectivity index is 2.25. The van der Waals surface area contributed by atoms with E-state index >= 15 is 0 Å². The molecule has 4 heteroatoms. The van der Waals surface area contributed by atoms with Gasteiger partial charge in [0.15, 0.2) is 11.6 Å². The third-order valence-corrected chi connectivity index (χ3v) is 2.80. The van der Waals surface area contributed by atoms with E-state index in [0.717, 1.165) is 0 Å². The zero-order valence-electron chi connectivity index (χ0n) is 7.97. The van der Waals surface area contributed by atoms with Crippen molar-refractivity contribution in [1.29, 1.82) is 0 Å². The van der Waals surface area contributed by atoms with Gasteiger partial charge in [-0.15, -0.1) is 0 Å². The zero-order valence-corrected chi connectivity index (χ0v) is 7.97. The Morgan fingerprint density at radius 2 is 2.23 bits per heavy atom. The van der Waals surface area contributed by atoms with Crippen molar-refractivity contribution in [1.82, 2.24) is 9.78 Å². The minimum Gasteiger partial charge on any atom is -0.381 e. The minimum absolute atomic E-state index is 0.138. The SMILES string of the molecule is Cn1nc(CC2(C)CC2)c(F)c1N. The van der Waals surface area contributed by atoms with Crippen LogP contribution >= 0.6 is 0 Å². The molecule has 1 heterocycles. The zero-order chi connectivity index (χ0) is 9.64. The van der Waals surface area contributed by atoms with Crippen molar-refractivity contribution in [3.63, 3.8) is 0 Å². The summed E-state index contributed by atoms with van der Waals surface area (Å²) >= 11 is 0. The number of hydrogen-bond donors (Lipinski definition) is 1. The number of aryl methyl sites for hydroxylation is 1. The molecule has 3 nitrogen and oxygen atoms in total. The summed E-state index contributed by atoms with van der Waals surface area (Å²) in [6, 6.07) is 0. The van der Waals surface area contributed by atoms with Crippen LogP contribution in [0.4, 0.5) is 10.2 Å². The number of halogens is 1. The second kappa shape index (κ2) is 2.47. The standard InChI is InChI=1S/C9H14FN3/c1-9(3-4-9)5-6-7(10)8(11)13(2)12-6/h3-5,11H2,1-2H3. The fourth-order valence-electron chi connectivity index (χ4n) is 1.48. The van der Waals surface area contributed by atoms with Crippen molar-refractivity contribution < 1.29 is 4.39 Å². The third-order valence-electron chi connectivity index (χ3n) is 2.80. The van der Waals surface area contributed by atoms with E-state index < -0.39 is 0 Å². The van der Waals surface area contributed by atoms with Crippen LogP contribution in [0.3, 0.4) is 0 Å². The molecule has 1 fully saturated rings. The molecule has 0 aromatic carbocycles. The van der Waals surface area contributed by atoms with E-state index in [1.165, 1.54) is 17.5 Å². The lowest BCUT2D eigenvalue weighted by Crippen LogP contribution is -2.01. The van der Waals surface area contributed by atoms with Crippen molar-refractivity contribution in [2.24, 2.45) is 12.5 Å². The minimum atomic E-state index is -0.337. The van der Waals surface area contributed by atoms with Crippen LogP contribution in [0, 0.1) is 11.2 Å². The molecule has 0 atom stereocenters. The highest BCUT2D eigenvalue weighted by molar-refractivity contribution is 5.34. The molecule has 2 N–H and O–H groups in total. The van der Waals surface area contributed by atoms with Gasteiger partial charge in [-0.25, -0.2) is 4.39 Å². The van der Waals surface area contributed by atoms with Crippen LogP contribution in [0.2, 0.25) is 0 Å². The fourth-order valence-corrected chi connectivity index (χ4v) is 1.48. The van der Waals surface area contributed by atoms with Gasteiger partial charge in [0.1, 0.15) is 5.69 Å². The summed E-state index contributed by atoms with van der Waals surface area (Å²) in [7, 11) is 1.66. The van der Waals surface area contributed by atoms with Gasteiger partial charge in [0, 0.05) is 7.05 Å². The van der Waals surface area contributed by atoms with Gasteiger partial charge in [-0.05, 0) is 24.7 Å². The average molecular weight is 183 g/mol. The van der Waals surface area contributed by atoms with Gasteiger partial charge in [-0.1, -0.05) is 6.92 Å². The summed E-state index contributed by atoms with van der Waals surface area (Å²) in [5.74, 6) is -0.199. The smallest absolute Gasteiger partial charge is 0.188 e. The maximum atomic E-state index is 13.4. The molecular formula is C9H14FN3. The van der Waals surface area contributed by atoms with Crippen LogP contribution < -0.4 is 5.73 Å². The maximum Gasteiger partial charge on any atom is 0.188 e. The quantitative estimate of drug-likeness (QED) is 0.754. The Morgan fingerprint density at radius 3 is 2.62 bits per heavy atom. The van der Waals surface area contributed by atoms with Crippen LogP contribution in [0.25, 0.3) is 0 Å². The summed E-state index contributed by atoms with van der Waals surface area (Å²) in [5.41, 5.74) is 6.26. The molecule has 0 aliphatic heterocycles. The Bertz CT molecular complexity index is 339. The van der Waals surface area contributed by atoms with E-state index in [0.29, 0.717) is 12.1 Å². The van der Waals surface area contributed by atoms with E-state index in [1.807, 2.05) is 0 Å². The topological polar surface area (TPSA) is 43.8 Å². The number of hydrogen-bond acceptors (Lipinski definition) is 2. The van der Waals surface area contributed by atoms with Crippen molar-refractivity contribution in [3.05, 3.63) is 11.5 Å². The highest BCUT2D eigenvalue weighted by Gasteiger charge is 2.39. The molecule has 1 aromatic rings. The molecule has 2 rings (SSSR count). The van der Waals surface area contributed by atoms with Gasteiger partial charge in [-0.2, -0.15) is 5.10 Å². The molecule has 0 spiro atoms. The molecule has 0 bridgehead atoms. The van der Waals surface area contributed by atoms with Gasteiger partial charge in [-0.3, -0.25) is 4.68 Å². The number of rotatable bonds is 2. The molecule has 1 aromatic heterocycles. The molecule has 1 aliphatic rings. The Hall–Kier alpha value is -1.06.